The molecule has 2 heterocycles. The Morgan fingerprint density at radius 3 is 3.15 bits per heavy atom. The molecule has 2 N–H and O–H groups in total. The SMILES string of the molecule is O=c1cc(C[C@@H]2COCCN(Cc3cccc(OCCO)c3)C2)nc[nH]1. The summed E-state index contributed by atoms with van der Waals surface area (Å²) in [5.74, 6) is 1.06. The molecule has 2 aromatic rings. The molecule has 0 unspecified atom stereocenters. The van der Waals surface area contributed by atoms with Crippen LogP contribution < -0.4 is 10.3 Å². The Hall–Kier alpha value is -2.22. The molecule has 1 aromatic carbocycles. The summed E-state index contributed by atoms with van der Waals surface area (Å²) in [7, 11) is 0. The fourth-order valence-electron chi connectivity index (χ4n) is 3.19. The number of hydrogen-bond donors (Lipinski definition) is 2. The number of aromatic nitrogens is 2. The molecular weight excluding hydrogens is 334 g/mol. The van der Waals surface area contributed by atoms with Crippen LogP contribution in [0.15, 0.2) is 41.5 Å². The molecule has 0 bridgehead atoms. The molecule has 140 valence electrons. The van der Waals surface area contributed by atoms with E-state index in [-0.39, 0.29) is 12.2 Å². The number of aromatic amines is 1. The van der Waals surface area contributed by atoms with Gasteiger partial charge in [0.05, 0.1) is 26.1 Å². The second-order valence-corrected chi connectivity index (χ2v) is 6.50. The number of aliphatic hydroxyl groups excluding tert-OH is 1. The fraction of sp³-hybridized carbons (Fsp3) is 0.474. The van der Waals surface area contributed by atoms with Crippen molar-refractivity contribution in [1.29, 1.82) is 0 Å². The topological polar surface area (TPSA) is 87.7 Å². The van der Waals surface area contributed by atoms with Crippen LogP contribution >= 0.6 is 0 Å². The van der Waals surface area contributed by atoms with Gasteiger partial charge in [-0.05, 0) is 24.1 Å². The Morgan fingerprint density at radius 1 is 1.38 bits per heavy atom. The van der Waals surface area contributed by atoms with E-state index in [2.05, 4.69) is 20.9 Å². The van der Waals surface area contributed by atoms with Crippen molar-refractivity contribution in [2.45, 2.75) is 13.0 Å². The van der Waals surface area contributed by atoms with Crippen molar-refractivity contribution < 1.29 is 14.6 Å². The Balaban J connectivity index is 1.61. The summed E-state index contributed by atoms with van der Waals surface area (Å²) in [5, 5.41) is 8.88. The van der Waals surface area contributed by atoms with Crippen LogP contribution in [0.25, 0.3) is 0 Å². The van der Waals surface area contributed by atoms with Crippen LogP contribution in [0.4, 0.5) is 0 Å². The molecule has 1 aliphatic rings. The summed E-state index contributed by atoms with van der Waals surface area (Å²) < 4.78 is 11.2. The highest BCUT2D eigenvalue weighted by molar-refractivity contribution is 5.28. The molecule has 1 saturated heterocycles. The maximum atomic E-state index is 11.4. The average Bonchev–Trinajstić information content (AvgIpc) is 2.85. The van der Waals surface area contributed by atoms with Gasteiger partial charge in [0.1, 0.15) is 12.4 Å². The van der Waals surface area contributed by atoms with E-state index in [0.29, 0.717) is 25.7 Å². The van der Waals surface area contributed by atoms with Gasteiger partial charge < -0.3 is 19.6 Å². The highest BCUT2D eigenvalue weighted by Crippen LogP contribution is 2.18. The highest BCUT2D eigenvalue weighted by Gasteiger charge is 2.20. The molecule has 0 aliphatic carbocycles. The molecule has 1 fully saturated rings. The Labute approximate surface area is 152 Å². The second kappa shape index (κ2) is 9.47. The van der Waals surface area contributed by atoms with Crippen LogP contribution in [-0.4, -0.2) is 59.5 Å². The van der Waals surface area contributed by atoms with Crippen LogP contribution in [-0.2, 0) is 17.7 Å². The van der Waals surface area contributed by atoms with Crippen LogP contribution in [0.2, 0.25) is 0 Å². The normalized spacial score (nSPS) is 18.4. The minimum absolute atomic E-state index is 0.00568. The summed E-state index contributed by atoms with van der Waals surface area (Å²) in [4.78, 5) is 20.6. The van der Waals surface area contributed by atoms with E-state index < -0.39 is 0 Å². The average molecular weight is 359 g/mol. The first-order valence-corrected chi connectivity index (χ1v) is 8.89. The van der Waals surface area contributed by atoms with Gasteiger partial charge in [-0.1, -0.05) is 12.1 Å². The van der Waals surface area contributed by atoms with Gasteiger partial charge in [-0.15, -0.1) is 0 Å². The van der Waals surface area contributed by atoms with Crippen molar-refractivity contribution in [2.24, 2.45) is 5.92 Å². The number of benzene rings is 1. The van der Waals surface area contributed by atoms with E-state index in [1.165, 1.54) is 6.33 Å². The summed E-state index contributed by atoms with van der Waals surface area (Å²) in [6.45, 7) is 4.22. The van der Waals surface area contributed by atoms with E-state index in [9.17, 15) is 4.79 Å². The van der Waals surface area contributed by atoms with E-state index in [1.807, 2.05) is 18.2 Å². The van der Waals surface area contributed by atoms with E-state index in [0.717, 1.165) is 43.1 Å². The Morgan fingerprint density at radius 2 is 2.31 bits per heavy atom. The monoisotopic (exact) mass is 359 g/mol. The summed E-state index contributed by atoms with van der Waals surface area (Å²) in [6.07, 6.45) is 2.17. The number of hydrogen-bond acceptors (Lipinski definition) is 6. The van der Waals surface area contributed by atoms with Crippen LogP contribution in [0, 0.1) is 5.92 Å². The molecule has 7 heteroatoms. The molecule has 0 saturated carbocycles. The van der Waals surface area contributed by atoms with Crippen LogP contribution in [0.3, 0.4) is 0 Å². The van der Waals surface area contributed by atoms with E-state index in [1.54, 1.807) is 6.07 Å². The standard InChI is InChI=1S/C19H25N3O4/c23-5-7-26-18-3-1-2-15(9-18)11-22-4-6-25-13-16(12-22)8-17-10-19(24)21-14-20-17/h1-3,9-10,14,16,23H,4-8,11-13H2,(H,20,21,24)/t16-/m0/s1. The van der Waals surface area contributed by atoms with Crippen molar-refractivity contribution >= 4 is 0 Å². The molecule has 3 rings (SSSR count). The molecule has 1 aromatic heterocycles. The first-order chi connectivity index (χ1) is 12.7. The van der Waals surface area contributed by atoms with Gasteiger partial charge in [-0.3, -0.25) is 9.69 Å². The lowest BCUT2D eigenvalue weighted by Gasteiger charge is -2.23. The lowest BCUT2D eigenvalue weighted by atomic mass is 10.0. The van der Waals surface area contributed by atoms with Gasteiger partial charge in [-0.25, -0.2) is 4.98 Å². The quantitative estimate of drug-likeness (QED) is 0.761. The van der Waals surface area contributed by atoms with Crippen molar-refractivity contribution in [3.63, 3.8) is 0 Å². The summed E-state index contributed by atoms with van der Waals surface area (Å²) >= 11 is 0. The van der Waals surface area contributed by atoms with Crippen molar-refractivity contribution in [2.75, 3.05) is 39.5 Å². The molecule has 1 aliphatic heterocycles. The molecule has 26 heavy (non-hydrogen) atoms. The molecule has 0 spiro atoms. The van der Waals surface area contributed by atoms with Crippen LogP contribution in [0.1, 0.15) is 11.3 Å². The van der Waals surface area contributed by atoms with Gasteiger partial charge in [0, 0.05) is 37.3 Å². The van der Waals surface area contributed by atoms with E-state index in [4.69, 9.17) is 14.6 Å². The number of rotatable bonds is 7. The molecule has 1 atom stereocenters. The highest BCUT2D eigenvalue weighted by atomic mass is 16.5. The number of ether oxygens (including phenoxy) is 2. The van der Waals surface area contributed by atoms with Gasteiger partial charge in [0.25, 0.3) is 5.56 Å². The number of H-pyrrole nitrogens is 1. The van der Waals surface area contributed by atoms with E-state index >= 15 is 0 Å². The number of nitrogens with zero attached hydrogens (tertiary/aromatic N) is 2. The van der Waals surface area contributed by atoms with Crippen molar-refractivity contribution in [1.82, 2.24) is 14.9 Å². The smallest absolute Gasteiger partial charge is 0.250 e. The lowest BCUT2D eigenvalue weighted by Crippen LogP contribution is -2.30. The van der Waals surface area contributed by atoms with Gasteiger partial charge in [0.15, 0.2) is 0 Å². The maximum Gasteiger partial charge on any atom is 0.250 e. The van der Waals surface area contributed by atoms with Gasteiger partial charge in [0.2, 0.25) is 0 Å². The molecular formula is C19H25N3O4. The zero-order valence-corrected chi connectivity index (χ0v) is 14.8. The molecule has 7 nitrogen and oxygen atoms in total. The van der Waals surface area contributed by atoms with Crippen molar-refractivity contribution in [3.8, 4) is 5.75 Å². The predicted octanol–water partition coefficient (Wildman–Crippen LogP) is 0.832. The third-order valence-electron chi connectivity index (χ3n) is 4.32. The Bertz CT molecular complexity index is 749. The minimum atomic E-state index is -0.124. The van der Waals surface area contributed by atoms with Crippen LogP contribution in [0.5, 0.6) is 5.75 Å². The number of aliphatic hydroxyl groups is 1. The zero-order valence-electron chi connectivity index (χ0n) is 14.8. The first kappa shape index (κ1) is 18.6. The van der Waals surface area contributed by atoms with Crippen molar-refractivity contribution in [3.05, 3.63) is 58.3 Å². The first-order valence-electron chi connectivity index (χ1n) is 8.89. The minimum Gasteiger partial charge on any atom is -0.491 e. The maximum absolute atomic E-state index is 11.4. The third-order valence-corrected chi connectivity index (χ3v) is 4.32. The van der Waals surface area contributed by atoms with Gasteiger partial charge >= 0.3 is 0 Å². The number of nitrogens with one attached hydrogen (secondary N) is 1. The third kappa shape index (κ3) is 5.66. The fourth-order valence-corrected chi connectivity index (χ4v) is 3.19. The summed E-state index contributed by atoms with van der Waals surface area (Å²) in [5.41, 5.74) is 1.83. The zero-order chi connectivity index (χ0) is 18.2. The summed E-state index contributed by atoms with van der Waals surface area (Å²) in [6, 6.07) is 9.50. The largest absolute Gasteiger partial charge is 0.491 e. The Kier molecular flexibility index (Phi) is 6.76. The van der Waals surface area contributed by atoms with Gasteiger partial charge in [-0.2, -0.15) is 0 Å². The molecule has 0 amide bonds. The predicted molar refractivity (Wildman–Crippen MR) is 97.2 cm³/mol. The lowest BCUT2D eigenvalue weighted by molar-refractivity contribution is 0.121. The molecule has 0 radical (unpaired) electrons. The second-order valence-electron chi connectivity index (χ2n) is 6.50.